The second-order valence-electron chi connectivity index (χ2n) is 10.8. The summed E-state index contributed by atoms with van der Waals surface area (Å²) in [5, 5.41) is 17.4. The number of rotatable bonds is 9. The molecule has 2 saturated heterocycles. The summed E-state index contributed by atoms with van der Waals surface area (Å²) in [6.45, 7) is 9.18. The van der Waals surface area contributed by atoms with Crippen LogP contribution < -0.4 is 10.2 Å². The van der Waals surface area contributed by atoms with Crippen molar-refractivity contribution in [2.45, 2.75) is 38.2 Å². The summed E-state index contributed by atoms with van der Waals surface area (Å²) in [5.74, 6) is -4.11. The number of hydrogen-bond acceptors (Lipinski definition) is 9. The Hall–Kier alpha value is -3.97. The van der Waals surface area contributed by atoms with Crippen LogP contribution in [0.2, 0.25) is 0 Å². The van der Waals surface area contributed by atoms with Crippen molar-refractivity contribution in [3.05, 3.63) is 30.4 Å². The van der Waals surface area contributed by atoms with E-state index in [4.69, 9.17) is 29.3 Å². The minimum atomic E-state index is -5.08. The quantitative estimate of drug-likeness (QED) is 0.264. The molecule has 13 nitrogen and oxygen atoms in total. The Morgan fingerprint density at radius 2 is 1.36 bits per heavy atom. The first-order valence-corrected chi connectivity index (χ1v) is 14.7. The first kappa shape index (κ1) is 37.5. The molecule has 47 heavy (non-hydrogen) atoms. The van der Waals surface area contributed by atoms with Gasteiger partial charge >= 0.3 is 24.3 Å². The second-order valence-corrected chi connectivity index (χ2v) is 10.8. The number of hydrogen-bond donors (Lipinski definition) is 3. The highest BCUT2D eigenvalue weighted by Gasteiger charge is 2.39. The number of halogens is 6. The van der Waals surface area contributed by atoms with Crippen molar-refractivity contribution in [3.63, 3.8) is 0 Å². The molecule has 0 spiro atoms. The molecule has 0 bridgehead atoms. The van der Waals surface area contributed by atoms with E-state index in [1.54, 1.807) is 0 Å². The number of amides is 1. The molecule has 0 aromatic carbocycles. The number of carbonyl (C=O) groups is 3. The highest BCUT2D eigenvalue weighted by molar-refractivity contribution is 5.94. The van der Waals surface area contributed by atoms with Gasteiger partial charge in [-0.15, -0.1) is 0 Å². The Balaban J connectivity index is 0.000000360. The average molecular weight is 683 g/mol. The van der Waals surface area contributed by atoms with E-state index in [1.165, 1.54) is 12.8 Å². The number of aliphatic carboxylic acids is 2. The fourth-order valence-corrected chi connectivity index (χ4v) is 4.41. The zero-order chi connectivity index (χ0) is 34.6. The predicted octanol–water partition coefficient (Wildman–Crippen LogP) is 2.91. The SMILES string of the molecule is O=C(NCCCN1CCOCC1)c1cc(-c2cnc(N3CCOCC3)nc2)cn1CC1CC1.O=C(O)C(F)(F)F.O=C(O)C(F)(F)F. The van der Waals surface area contributed by atoms with E-state index in [0.29, 0.717) is 25.7 Å². The lowest BCUT2D eigenvalue weighted by Crippen LogP contribution is -2.38. The first-order valence-electron chi connectivity index (χ1n) is 14.7. The highest BCUT2D eigenvalue weighted by atomic mass is 19.4. The molecule has 262 valence electrons. The van der Waals surface area contributed by atoms with Gasteiger partial charge in [0.2, 0.25) is 5.95 Å². The summed E-state index contributed by atoms with van der Waals surface area (Å²) in [5.41, 5.74) is 2.64. The summed E-state index contributed by atoms with van der Waals surface area (Å²) in [7, 11) is 0. The van der Waals surface area contributed by atoms with E-state index in [1.807, 2.05) is 18.5 Å². The number of carboxylic acids is 2. The summed E-state index contributed by atoms with van der Waals surface area (Å²) in [6, 6.07) is 1.98. The second kappa shape index (κ2) is 17.3. The van der Waals surface area contributed by atoms with Crippen LogP contribution in [0.1, 0.15) is 29.8 Å². The van der Waals surface area contributed by atoms with Crippen molar-refractivity contribution in [2.24, 2.45) is 5.92 Å². The van der Waals surface area contributed by atoms with E-state index in [9.17, 15) is 31.1 Å². The van der Waals surface area contributed by atoms with Crippen molar-refractivity contribution in [2.75, 3.05) is 70.6 Å². The van der Waals surface area contributed by atoms with Gasteiger partial charge in [0.05, 0.1) is 26.4 Å². The number of alkyl halides is 6. The lowest BCUT2D eigenvalue weighted by Gasteiger charge is -2.26. The van der Waals surface area contributed by atoms with Gasteiger partial charge in [-0.1, -0.05) is 0 Å². The number of carbonyl (C=O) groups excluding carboxylic acids is 1. The highest BCUT2D eigenvalue weighted by Crippen LogP contribution is 2.32. The molecule has 3 N–H and O–H groups in total. The standard InChI is InChI=1S/C24H34N6O3.2C2HF3O2/c31-23(25-4-1-5-28-6-10-32-11-7-28)22-14-20(18-30(22)17-19-2-3-19)21-15-26-24(27-16-21)29-8-12-33-13-9-29;2*3-2(4,5)1(6)7/h14-16,18-19H,1-13,17H2,(H,25,31);2*(H,6,7). The van der Waals surface area contributed by atoms with Crippen LogP contribution in [0.4, 0.5) is 32.3 Å². The molecule has 2 aliphatic heterocycles. The van der Waals surface area contributed by atoms with Crippen LogP contribution in [0.5, 0.6) is 0 Å². The van der Waals surface area contributed by atoms with Crippen molar-refractivity contribution >= 4 is 23.8 Å². The van der Waals surface area contributed by atoms with Gasteiger partial charge in [-0.05, 0) is 37.8 Å². The van der Waals surface area contributed by atoms with Gasteiger partial charge in [-0.2, -0.15) is 26.3 Å². The minimum absolute atomic E-state index is 0.00488. The third-order valence-corrected chi connectivity index (χ3v) is 7.07. The van der Waals surface area contributed by atoms with Gasteiger partial charge in [0, 0.05) is 69.0 Å². The van der Waals surface area contributed by atoms with Gasteiger partial charge in [0.15, 0.2) is 0 Å². The molecule has 1 saturated carbocycles. The summed E-state index contributed by atoms with van der Waals surface area (Å²) < 4.78 is 76.4. The fraction of sp³-hybridized carbons (Fsp3) is 0.607. The normalized spacial score (nSPS) is 17.1. The minimum Gasteiger partial charge on any atom is -0.475 e. The van der Waals surface area contributed by atoms with E-state index in [0.717, 1.165) is 81.7 Å². The van der Waals surface area contributed by atoms with Gasteiger partial charge in [-0.25, -0.2) is 19.6 Å². The molecule has 3 aliphatic rings. The molecule has 0 atom stereocenters. The van der Waals surface area contributed by atoms with Gasteiger partial charge < -0.3 is 34.5 Å². The van der Waals surface area contributed by atoms with Gasteiger partial charge in [0.1, 0.15) is 5.69 Å². The van der Waals surface area contributed by atoms with E-state index in [2.05, 4.69) is 35.8 Å². The smallest absolute Gasteiger partial charge is 0.475 e. The topological polar surface area (TPSA) is 159 Å². The Kier molecular flexibility index (Phi) is 13.8. The fourth-order valence-electron chi connectivity index (χ4n) is 4.41. The predicted molar refractivity (Wildman–Crippen MR) is 153 cm³/mol. The molecule has 2 aromatic rings. The van der Waals surface area contributed by atoms with E-state index < -0.39 is 24.3 Å². The van der Waals surface area contributed by atoms with E-state index >= 15 is 0 Å². The number of ether oxygens (including phenoxy) is 2. The lowest BCUT2D eigenvalue weighted by atomic mass is 10.2. The molecule has 1 aliphatic carbocycles. The molecule has 4 heterocycles. The molecular weight excluding hydrogens is 646 g/mol. The molecule has 3 fully saturated rings. The molecule has 19 heteroatoms. The number of nitrogens with one attached hydrogen (secondary N) is 1. The van der Waals surface area contributed by atoms with Crippen molar-refractivity contribution in [1.29, 1.82) is 0 Å². The number of anilines is 1. The van der Waals surface area contributed by atoms with Crippen molar-refractivity contribution in [3.8, 4) is 11.1 Å². The molecule has 0 radical (unpaired) electrons. The molecule has 0 unspecified atom stereocenters. The zero-order valence-corrected chi connectivity index (χ0v) is 25.2. The van der Waals surface area contributed by atoms with E-state index in [-0.39, 0.29) is 5.91 Å². The monoisotopic (exact) mass is 682 g/mol. The third-order valence-electron chi connectivity index (χ3n) is 7.07. The van der Waals surface area contributed by atoms with Crippen molar-refractivity contribution in [1.82, 2.24) is 24.8 Å². The van der Waals surface area contributed by atoms with Crippen LogP contribution in [0, 0.1) is 5.92 Å². The maximum absolute atomic E-state index is 13.0. The third kappa shape index (κ3) is 13.0. The maximum Gasteiger partial charge on any atom is 0.490 e. The summed E-state index contributed by atoms with van der Waals surface area (Å²) in [4.78, 5) is 44.5. The van der Waals surface area contributed by atoms with Crippen LogP contribution in [0.25, 0.3) is 11.1 Å². The summed E-state index contributed by atoms with van der Waals surface area (Å²) in [6.07, 6.45) is -0.943. The number of morpholine rings is 2. The molecule has 1 amide bonds. The van der Waals surface area contributed by atoms with Gasteiger partial charge in [-0.3, -0.25) is 9.69 Å². The zero-order valence-electron chi connectivity index (χ0n) is 25.2. The molecule has 2 aromatic heterocycles. The molecule has 5 rings (SSSR count). The Morgan fingerprint density at radius 1 is 0.851 bits per heavy atom. The lowest BCUT2D eigenvalue weighted by molar-refractivity contribution is -0.193. The number of nitrogens with zero attached hydrogens (tertiary/aromatic N) is 5. The Morgan fingerprint density at radius 3 is 1.85 bits per heavy atom. The van der Waals surface area contributed by atoms with Crippen LogP contribution in [0.15, 0.2) is 24.7 Å². The van der Waals surface area contributed by atoms with Gasteiger partial charge in [0.25, 0.3) is 5.91 Å². The first-order chi connectivity index (χ1) is 22.1. The van der Waals surface area contributed by atoms with Crippen LogP contribution in [-0.2, 0) is 25.6 Å². The van der Waals surface area contributed by atoms with Crippen LogP contribution in [-0.4, -0.2) is 126 Å². The summed E-state index contributed by atoms with van der Waals surface area (Å²) >= 11 is 0. The number of aromatic nitrogens is 3. The molecular formula is C28H36F6N6O7. The average Bonchev–Trinajstić information content (AvgIpc) is 3.75. The number of carboxylic acid groups (broad SMARTS) is 2. The van der Waals surface area contributed by atoms with Crippen LogP contribution >= 0.6 is 0 Å². The Labute approximate surface area is 265 Å². The Bertz CT molecular complexity index is 1280. The largest absolute Gasteiger partial charge is 0.490 e. The van der Waals surface area contributed by atoms with Crippen LogP contribution in [0.3, 0.4) is 0 Å². The maximum atomic E-state index is 13.0. The van der Waals surface area contributed by atoms with Crippen molar-refractivity contribution < 1.29 is 60.4 Å².